The molecule has 1 atom stereocenters. The van der Waals surface area contributed by atoms with Crippen molar-refractivity contribution >= 4 is 11.9 Å². The number of piperidine rings is 1. The van der Waals surface area contributed by atoms with Crippen molar-refractivity contribution in [2.24, 2.45) is 5.41 Å². The molecule has 3 N–H and O–H groups in total. The standard InChI is InChI=1S/C14H26N2O4/c1-4-5-13(2,12(18)19)16-11(17)14(10-20-3)6-8-15-9-7-14/h15H,4-10H2,1-3H3,(H,16,17)(H,18,19). The molecule has 6 heteroatoms. The van der Waals surface area contributed by atoms with E-state index in [9.17, 15) is 14.7 Å². The van der Waals surface area contributed by atoms with E-state index < -0.39 is 16.9 Å². The number of nitrogens with one attached hydrogen (secondary N) is 2. The molecule has 1 heterocycles. The molecule has 0 spiro atoms. The third-order valence-corrected chi connectivity index (χ3v) is 4.07. The van der Waals surface area contributed by atoms with Crippen molar-refractivity contribution in [3.8, 4) is 0 Å². The second-order valence-corrected chi connectivity index (χ2v) is 5.80. The maximum Gasteiger partial charge on any atom is 0.329 e. The summed E-state index contributed by atoms with van der Waals surface area (Å²) in [7, 11) is 1.57. The van der Waals surface area contributed by atoms with Gasteiger partial charge in [0.15, 0.2) is 0 Å². The molecule has 0 radical (unpaired) electrons. The van der Waals surface area contributed by atoms with E-state index in [1.54, 1.807) is 14.0 Å². The lowest BCUT2D eigenvalue weighted by Crippen LogP contribution is -2.59. The number of hydrogen-bond donors (Lipinski definition) is 3. The maximum atomic E-state index is 12.6. The lowest BCUT2D eigenvalue weighted by Gasteiger charge is -2.38. The zero-order chi connectivity index (χ0) is 15.2. The van der Waals surface area contributed by atoms with Crippen molar-refractivity contribution in [1.29, 1.82) is 0 Å². The van der Waals surface area contributed by atoms with E-state index >= 15 is 0 Å². The molecule has 0 aromatic carbocycles. The van der Waals surface area contributed by atoms with Crippen LogP contribution in [-0.2, 0) is 14.3 Å². The molecular weight excluding hydrogens is 260 g/mol. The summed E-state index contributed by atoms with van der Waals surface area (Å²) in [6.45, 7) is 5.28. The second kappa shape index (κ2) is 7.04. The summed E-state index contributed by atoms with van der Waals surface area (Å²) in [6, 6.07) is 0. The molecule has 0 saturated carbocycles. The lowest BCUT2D eigenvalue weighted by molar-refractivity contribution is -0.151. The quantitative estimate of drug-likeness (QED) is 0.643. The van der Waals surface area contributed by atoms with Crippen LogP contribution in [-0.4, -0.2) is 49.3 Å². The van der Waals surface area contributed by atoms with Gasteiger partial charge in [-0.2, -0.15) is 0 Å². The van der Waals surface area contributed by atoms with Gasteiger partial charge in [-0.15, -0.1) is 0 Å². The second-order valence-electron chi connectivity index (χ2n) is 5.80. The van der Waals surface area contributed by atoms with E-state index in [-0.39, 0.29) is 5.91 Å². The van der Waals surface area contributed by atoms with Gasteiger partial charge in [-0.25, -0.2) is 4.79 Å². The highest BCUT2D eigenvalue weighted by Gasteiger charge is 2.44. The summed E-state index contributed by atoms with van der Waals surface area (Å²) in [5.74, 6) is -1.20. The summed E-state index contributed by atoms with van der Waals surface area (Å²) < 4.78 is 5.20. The molecule has 0 aromatic heterocycles. The Balaban J connectivity index is 2.86. The summed E-state index contributed by atoms with van der Waals surface area (Å²) >= 11 is 0. The van der Waals surface area contributed by atoms with Crippen molar-refractivity contribution in [3.63, 3.8) is 0 Å². The number of carbonyl (C=O) groups excluding carboxylic acids is 1. The average molecular weight is 286 g/mol. The minimum Gasteiger partial charge on any atom is -0.480 e. The molecule has 6 nitrogen and oxygen atoms in total. The van der Waals surface area contributed by atoms with Crippen molar-refractivity contribution < 1.29 is 19.4 Å². The molecule has 1 fully saturated rings. The summed E-state index contributed by atoms with van der Waals surface area (Å²) in [5.41, 5.74) is -1.83. The first-order valence-electron chi connectivity index (χ1n) is 7.16. The molecule has 1 unspecified atom stereocenters. The average Bonchev–Trinajstić information content (AvgIpc) is 2.40. The number of hydrogen-bond acceptors (Lipinski definition) is 4. The predicted molar refractivity (Wildman–Crippen MR) is 75.5 cm³/mol. The van der Waals surface area contributed by atoms with Gasteiger partial charge in [0, 0.05) is 7.11 Å². The monoisotopic (exact) mass is 286 g/mol. The predicted octanol–water partition coefficient (Wildman–Crippen LogP) is 0.762. The summed E-state index contributed by atoms with van der Waals surface area (Å²) in [4.78, 5) is 24.1. The molecule has 1 rings (SSSR count). The molecule has 1 saturated heterocycles. The zero-order valence-corrected chi connectivity index (χ0v) is 12.6. The maximum absolute atomic E-state index is 12.6. The fraction of sp³-hybridized carbons (Fsp3) is 0.857. The number of rotatable bonds is 7. The molecular formula is C14H26N2O4. The smallest absolute Gasteiger partial charge is 0.329 e. The number of methoxy groups -OCH3 is 1. The Morgan fingerprint density at radius 1 is 1.40 bits per heavy atom. The van der Waals surface area contributed by atoms with Crippen LogP contribution in [0.4, 0.5) is 0 Å². The first kappa shape index (κ1) is 16.9. The van der Waals surface area contributed by atoms with Crippen LogP contribution in [0.2, 0.25) is 0 Å². The molecule has 116 valence electrons. The van der Waals surface area contributed by atoms with E-state index in [2.05, 4.69) is 10.6 Å². The van der Waals surface area contributed by atoms with Crippen LogP contribution < -0.4 is 10.6 Å². The Bertz CT molecular complexity index is 348. The van der Waals surface area contributed by atoms with Gasteiger partial charge in [0.1, 0.15) is 5.54 Å². The Hall–Kier alpha value is -1.14. The molecule has 1 amide bonds. The van der Waals surface area contributed by atoms with Gasteiger partial charge in [0.2, 0.25) is 5.91 Å². The topological polar surface area (TPSA) is 87.7 Å². The molecule has 0 aliphatic carbocycles. The van der Waals surface area contributed by atoms with E-state index in [0.29, 0.717) is 32.3 Å². The number of carboxylic acid groups (broad SMARTS) is 1. The van der Waals surface area contributed by atoms with Crippen LogP contribution in [0.1, 0.15) is 39.5 Å². The van der Waals surface area contributed by atoms with E-state index in [0.717, 1.165) is 13.1 Å². The Morgan fingerprint density at radius 2 is 2.00 bits per heavy atom. The number of aliphatic carboxylic acids is 1. The van der Waals surface area contributed by atoms with Crippen LogP contribution in [0, 0.1) is 5.41 Å². The Kier molecular flexibility index (Phi) is 5.95. The van der Waals surface area contributed by atoms with Gasteiger partial charge in [0.05, 0.1) is 12.0 Å². The zero-order valence-electron chi connectivity index (χ0n) is 12.6. The molecule has 0 bridgehead atoms. The molecule has 0 aromatic rings. The van der Waals surface area contributed by atoms with Gasteiger partial charge in [-0.3, -0.25) is 4.79 Å². The van der Waals surface area contributed by atoms with Crippen LogP contribution in [0.15, 0.2) is 0 Å². The minimum atomic E-state index is -1.21. The first-order chi connectivity index (χ1) is 9.40. The third kappa shape index (κ3) is 3.70. The van der Waals surface area contributed by atoms with Crippen molar-refractivity contribution in [3.05, 3.63) is 0 Å². The molecule has 20 heavy (non-hydrogen) atoms. The fourth-order valence-electron chi connectivity index (χ4n) is 2.72. The highest BCUT2D eigenvalue weighted by molar-refractivity contribution is 5.90. The minimum absolute atomic E-state index is 0.209. The largest absolute Gasteiger partial charge is 0.480 e. The van der Waals surface area contributed by atoms with E-state index in [1.165, 1.54) is 0 Å². The number of carbonyl (C=O) groups is 2. The van der Waals surface area contributed by atoms with Crippen molar-refractivity contribution in [2.45, 2.75) is 45.1 Å². The lowest BCUT2D eigenvalue weighted by atomic mass is 9.77. The number of ether oxygens (including phenoxy) is 1. The number of amides is 1. The van der Waals surface area contributed by atoms with Gasteiger partial charge in [0.25, 0.3) is 0 Å². The number of carboxylic acids is 1. The molecule has 1 aliphatic rings. The van der Waals surface area contributed by atoms with Crippen LogP contribution in [0.25, 0.3) is 0 Å². The Labute approximate surface area is 120 Å². The summed E-state index contributed by atoms with van der Waals surface area (Å²) in [5, 5.41) is 15.3. The van der Waals surface area contributed by atoms with Gasteiger partial charge in [-0.1, -0.05) is 13.3 Å². The fourth-order valence-corrected chi connectivity index (χ4v) is 2.72. The van der Waals surface area contributed by atoms with Crippen molar-refractivity contribution in [1.82, 2.24) is 10.6 Å². The van der Waals surface area contributed by atoms with Gasteiger partial charge in [-0.05, 0) is 39.3 Å². The van der Waals surface area contributed by atoms with E-state index in [1.807, 2.05) is 6.92 Å². The van der Waals surface area contributed by atoms with Crippen molar-refractivity contribution in [2.75, 3.05) is 26.8 Å². The first-order valence-corrected chi connectivity index (χ1v) is 7.16. The highest BCUT2D eigenvalue weighted by Crippen LogP contribution is 2.30. The van der Waals surface area contributed by atoms with E-state index in [4.69, 9.17) is 4.74 Å². The van der Waals surface area contributed by atoms with Gasteiger partial charge >= 0.3 is 5.97 Å². The SMILES string of the molecule is CCCC(C)(NC(=O)C1(COC)CCNCC1)C(=O)O. The summed E-state index contributed by atoms with van der Waals surface area (Å²) in [6.07, 6.45) is 2.43. The third-order valence-electron chi connectivity index (χ3n) is 4.07. The van der Waals surface area contributed by atoms with Crippen LogP contribution in [0.5, 0.6) is 0 Å². The van der Waals surface area contributed by atoms with Gasteiger partial charge < -0.3 is 20.5 Å². The normalized spacial score (nSPS) is 20.9. The highest BCUT2D eigenvalue weighted by atomic mass is 16.5. The van der Waals surface area contributed by atoms with Crippen LogP contribution in [0.3, 0.4) is 0 Å². The van der Waals surface area contributed by atoms with Crippen LogP contribution >= 0.6 is 0 Å². The Morgan fingerprint density at radius 3 is 2.45 bits per heavy atom. The molecule has 1 aliphatic heterocycles.